The van der Waals surface area contributed by atoms with Crippen LogP contribution in [0.2, 0.25) is 0 Å². The van der Waals surface area contributed by atoms with Crippen LogP contribution in [-0.2, 0) is 32.0 Å². The third-order valence-corrected chi connectivity index (χ3v) is 7.21. The van der Waals surface area contributed by atoms with Crippen LogP contribution in [0.25, 0.3) is 10.9 Å². The van der Waals surface area contributed by atoms with Gasteiger partial charge in [0.2, 0.25) is 17.7 Å². The van der Waals surface area contributed by atoms with Crippen molar-refractivity contribution in [1.82, 2.24) is 30.9 Å². The van der Waals surface area contributed by atoms with Gasteiger partial charge in [-0.1, -0.05) is 18.2 Å². The highest BCUT2D eigenvalue weighted by Gasteiger charge is 2.31. The average Bonchev–Trinajstić information content (AvgIpc) is 3.68. The average molecular weight is 626 g/mol. The number of carbonyl (C=O) groups is 4. The lowest BCUT2D eigenvalue weighted by atomic mass is 10.0. The van der Waals surface area contributed by atoms with E-state index in [1.54, 1.807) is 6.20 Å². The van der Waals surface area contributed by atoms with E-state index in [1.807, 2.05) is 24.3 Å². The molecule has 16 heteroatoms. The summed E-state index contributed by atoms with van der Waals surface area (Å²) in [6, 6.07) is 3.05. The molecule has 14 N–H and O–H groups in total. The number of nitrogens with one attached hydrogen (secondary N) is 5. The van der Waals surface area contributed by atoms with Crippen LogP contribution in [0.3, 0.4) is 0 Å². The van der Waals surface area contributed by atoms with Crippen LogP contribution in [0.4, 0.5) is 0 Å². The minimum Gasteiger partial charge on any atom is -0.480 e. The van der Waals surface area contributed by atoms with Crippen LogP contribution < -0.4 is 38.9 Å². The summed E-state index contributed by atoms with van der Waals surface area (Å²) < 4.78 is 0. The largest absolute Gasteiger partial charge is 0.480 e. The van der Waals surface area contributed by atoms with Gasteiger partial charge in [-0.3, -0.25) is 19.4 Å². The molecule has 0 saturated carbocycles. The number of hydrogen-bond acceptors (Lipinski definition) is 8. The van der Waals surface area contributed by atoms with Gasteiger partial charge in [-0.15, -0.1) is 0 Å². The molecule has 16 nitrogen and oxygen atoms in total. The normalized spacial score (nSPS) is 13.7. The first kappa shape index (κ1) is 34.5. The number of aromatic amines is 2. The number of benzene rings is 1. The van der Waals surface area contributed by atoms with Crippen LogP contribution in [0.1, 0.15) is 43.4 Å². The summed E-state index contributed by atoms with van der Waals surface area (Å²) in [5, 5.41) is 18.5. The first-order chi connectivity index (χ1) is 21.6. The smallest absolute Gasteiger partial charge is 0.326 e. The Hall–Kier alpha value is -4.96. The van der Waals surface area contributed by atoms with Gasteiger partial charge < -0.3 is 54.0 Å². The highest BCUT2D eigenvalue weighted by molar-refractivity contribution is 5.95. The molecular weight excluding hydrogens is 582 g/mol. The Labute approximate surface area is 260 Å². The molecule has 4 atom stereocenters. The second-order valence-corrected chi connectivity index (χ2v) is 10.7. The first-order valence-electron chi connectivity index (χ1n) is 14.8. The summed E-state index contributed by atoms with van der Waals surface area (Å²) in [4.78, 5) is 66.1. The van der Waals surface area contributed by atoms with Crippen molar-refractivity contribution in [3.05, 3.63) is 54.2 Å². The van der Waals surface area contributed by atoms with Crippen LogP contribution in [0, 0.1) is 0 Å². The van der Waals surface area contributed by atoms with Crippen molar-refractivity contribution in [3.8, 4) is 0 Å². The van der Waals surface area contributed by atoms with E-state index >= 15 is 0 Å². The lowest BCUT2D eigenvalue weighted by molar-refractivity contribution is -0.142. The van der Waals surface area contributed by atoms with Gasteiger partial charge in [0.15, 0.2) is 5.96 Å². The highest BCUT2D eigenvalue weighted by atomic mass is 16.4. The lowest BCUT2D eigenvalue weighted by Gasteiger charge is -2.25. The molecule has 0 radical (unpaired) electrons. The minimum absolute atomic E-state index is 0.00916. The van der Waals surface area contributed by atoms with E-state index in [1.165, 1.54) is 12.5 Å². The molecule has 0 aliphatic heterocycles. The van der Waals surface area contributed by atoms with Crippen molar-refractivity contribution in [2.75, 3.05) is 13.1 Å². The molecule has 45 heavy (non-hydrogen) atoms. The molecule has 1 aromatic carbocycles. The Morgan fingerprint density at radius 3 is 2.24 bits per heavy atom. The Morgan fingerprint density at radius 2 is 1.58 bits per heavy atom. The number of aliphatic carboxylic acids is 1. The van der Waals surface area contributed by atoms with Gasteiger partial charge in [-0.25, -0.2) is 9.78 Å². The Kier molecular flexibility index (Phi) is 13.3. The molecular formula is C29H43N11O5. The number of carbonyl (C=O) groups excluding carboxylic acids is 3. The van der Waals surface area contributed by atoms with Crippen molar-refractivity contribution in [1.29, 1.82) is 0 Å². The lowest BCUT2D eigenvalue weighted by Crippen LogP contribution is -2.58. The number of nitrogens with two attached hydrogens (primary N) is 4. The number of aliphatic imine (C=N–C) groups is 1. The quantitative estimate of drug-likeness (QED) is 0.0428. The Bertz CT molecular complexity index is 1440. The molecule has 0 spiro atoms. The number of unbranched alkanes of at least 4 members (excludes halogenated alkanes) is 1. The second-order valence-electron chi connectivity index (χ2n) is 10.7. The van der Waals surface area contributed by atoms with Gasteiger partial charge in [-0.2, -0.15) is 0 Å². The maximum Gasteiger partial charge on any atom is 0.326 e. The number of aromatic nitrogens is 3. The zero-order valence-electron chi connectivity index (χ0n) is 25.0. The van der Waals surface area contributed by atoms with E-state index in [-0.39, 0.29) is 38.2 Å². The van der Waals surface area contributed by atoms with Gasteiger partial charge in [0, 0.05) is 48.4 Å². The summed E-state index contributed by atoms with van der Waals surface area (Å²) in [5.41, 5.74) is 24.5. The third kappa shape index (κ3) is 10.9. The number of amides is 3. The van der Waals surface area contributed by atoms with Crippen LogP contribution >= 0.6 is 0 Å². The zero-order valence-corrected chi connectivity index (χ0v) is 25.0. The molecule has 3 rings (SSSR count). The maximum absolute atomic E-state index is 13.8. The van der Waals surface area contributed by atoms with Gasteiger partial charge in [0.25, 0.3) is 0 Å². The monoisotopic (exact) mass is 625 g/mol. The standard InChI is InChI=1S/C29H43N11O5/c30-10-4-3-9-22(28(44)45)38-27(43)24(13-18-15-34-16-37-18)40-26(42)23(12-17-14-36-21-8-2-1-6-19(17)21)39-25(41)20(31)7-5-11-35-29(32)33/h1-2,6,8,14-16,20,22-24,36H,3-5,7,9-13,30-31H2,(H,34,37)(H,38,43)(H,39,41)(H,40,42)(H,44,45)(H4,32,33,35). The van der Waals surface area contributed by atoms with Gasteiger partial charge >= 0.3 is 5.97 Å². The van der Waals surface area contributed by atoms with E-state index in [4.69, 9.17) is 22.9 Å². The molecule has 0 bridgehead atoms. The van der Waals surface area contributed by atoms with E-state index in [2.05, 4.69) is 35.9 Å². The third-order valence-electron chi connectivity index (χ3n) is 7.21. The summed E-state index contributed by atoms with van der Waals surface area (Å²) >= 11 is 0. The van der Waals surface area contributed by atoms with Crippen LogP contribution in [-0.4, -0.2) is 87.0 Å². The Morgan fingerprint density at radius 1 is 0.889 bits per heavy atom. The molecule has 3 aromatic rings. The molecule has 0 aliphatic rings. The summed E-state index contributed by atoms with van der Waals surface area (Å²) in [6.07, 6.45) is 6.70. The Balaban J connectivity index is 1.82. The van der Waals surface area contributed by atoms with Crippen molar-refractivity contribution in [3.63, 3.8) is 0 Å². The SMILES string of the molecule is NCCCCC(NC(=O)C(Cc1cnc[nH]1)NC(=O)C(Cc1c[nH]c2ccccc12)NC(=O)C(N)CCCN=C(N)N)C(=O)O. The predicted molar refractivity (Wildman–Crippen MR) is 169 cm³/mol. The fraction of sp³-hybridized carbons (Fsp3) is 0.448. The number of carboxylic acid groups (broad SMARTS) is 1. The van der Waals surface area contributed by atoms with Gasteiger partial charge in [0.1, 0.15) is 18.1 Å². The van der Waals surface area contributed by atoms with Crippen LogP contribution in [0.15, 0.2) is 48.0 Å². The number of nitrogens with zero attached hydrogens (tertiary/aromatic N) is 2. The number of hydrogen-bond donors (Lipinski definition) is 10. The minimum atomic E-state index is -1.20. The zero-order chi connectivity index (χ0) is 32.8. The molecule has 0 aliphatic carbocycles. The number of guanidine groups is 1. The highest BCUT2D eigenvalue weighted by Crippen LogP contribution is 2.19. The first-order valence-corrected chi connectivity index (χ1v) is 14.8. The molecule has 2 heterocycles. The number of carboxylic acids is 1. The van der Waals surface area contributed by atoms with E-state index < -0.39 is 47.9 Å². The molecule has 2 aromatic heterocycles. The number of para-hydroxylation sites is 1. The number of H-pyrrole nitrogens is 2. The number of fused-ring (bicyclic) bond motifs is 1. The second kappa shape index (κ2) is 17.4. The number of rotatable bonds is 19. The topological polar surface area (TPSA) is 286 Å². The number of imidazole rings is 1. The molecule has 4 unspecified atom stereocenters. The maximum atomic E-state index is 13.8. The molecule has 0 fully saturated rings. The summed E-state index contributed by atoms with van der Waals surface area (Å²) in [7, 11) is 0. The van der Waals surface area contributed by atoms with Crippen molar-refractivity contribution in [2.45, 2.75) is 69.1 Å². The van der Waals surface area contributed by atoms with Gasteiger partial charge in [-0.05, 0) is 50.3 Å². The predicted octanol–water partition coefficient (Wildman–Crippen LogP) is -1.27. The van der Waals surface area contributed by atoms with Crippen molar-refractivity contribution >= 4 is 40.6 Å². The van der Waals surface area contributed by atoms with Crippen molar-refractivity contribution < 1.29 is 24.3 Å². The molecule has 244 valence electrons. The summed E-state index contributed by atoms with van der Waals surface area (Å²) in [5.74, 6) is -3.20. The fourth-order valence-electron chi connectivity index (χ4n) is 4.78. The van der Waals surface area contributed by atoms with Gasteiger partial charge in [0.05, 0.1) is 12.4 Å². The van der Waals surface area contributed by atoms with E-state index in [9.17, 15) is 24.3 Å². The van der Waals surface area contributed by atoms with Crippen LogP contribution in [0.5, 0.6) is 0 Å². The molecule has 3 amide bonds. The summed E-state index contributed by atoms with van der Waals surface area (Å²) in [6.45, 7) is 0.679. The van der Waals surface area contributed by atoms with Crippen molar-refractivity contribution in [2.24, 2.45) is 27.9 Å². The van der Waals surface area contributed by atoms with E-state index in [0.717, 1.165) is 16.5 Å². The molecule has 0 saturated heterocycles. The van der Waals surface area contributed by atoms with E-state index in [0.29, 0.717) is 31.5 Å². The fourth-order valence-corrected chi connectivity index (χ4v) is 4.78.